The van der Waals surface area contributed by atoms with Gasteiger partial charge < -0.3 is 4.57 Å². The molecule has 32 heavy (non-hydrogen) atoms. The Labute approximate surface area is 187 Å². The largest absolute Gasteiger partial charge is 0.308 e. The van der Waals surface area contributed by atoms with Crippen LogP contribution in [0.4, 0.5) is 0 Å². The fourth-order valence-electron chi connectivity index (χ4n) is 4.77. The van der Waals surface area contributed by atoms with E-state index in [2.05, 4.69) is 120 Å². The molecular formula is C30H22N2. The summed E-state index contributed by atoms with van der Waals surface area (Å²) >= 11 is 0. The summed E-state index contributed by atoms with van der Waals surface area (Å²) in [5, 5.41) is 2.54. The first-order chi connectivity index (χ1) is 15.8. The van der Waals surface area contributed by atoms with Crippen molar-refractivity contribution >= 4 is 21.8 Å². The van der Waals surface area contributed by atoms with E-state index >= 15 is 0 Å². The van der Waals surface area contributed by atoms with E-state index in [1.165, 1.54) is 27.4 Å². The zero-order valence-corrected chi connectivity index (χ0v) is 17.9. The quantitative estimate of drug-likeness (QED) is 0.291. The van der Waals surface area contributed by atoms with Crippen molar-refractivity contribution in [3.05, 3.63) is 121 Å². The highest BCUT2D eigenvalue weighted by atomic mass is 15.0. The number of hydrogen-bond donors (Lipinski definition) is 0. The minimum Gasteiger partial charge on any atom is -0.308 e. The van der Waals surface area contributed by atoms with Gasteiger partial charge in [-0.2, -0.15) is 0 Å². The third-order valence-corrected chi connectivity index (χ3v) is 6.21. The Bertz CT molecular complexity index is 1500. The van der Waals surface area contributed by atoms with E-state index in [1.54, 1.807) is 0 Å². The van der Waals surface area contributed by atoms with Gasteiger partial charge in [-0.1, -0.05) is 97.1 Å². The van der Waals surface area contributed by atoms with Crippen molar-refractivity contribution in [1.29, 1.82) is 0 Å². The molecule has 0 N–H and O–H groups in total. The predicted molar refractivity (Wildman–Crippen MR) is 134 cm³/mol. The maximum Gasteiger partial charge on any atom is 0.0650 e. The summed E-state index contributed by atoms with van der Waals surface area (Å²) in [4.78, 5) is 4.68. The zero-order chi connectivity index (χ0) is 21.5. The lowest BCUT2D eigenvalue weighted by Gasteiger charge is -2.19. The third-order valence-electron chi connectivity index (χ3n) is 6.21. The smallest absolute Gasteiger partial charge is 0.0650 e. The fraction of sp³-hybridized carbons (Fsp3) is 0.0333. The summed E-state index contributed by atoms with van der Waals surface area (Å²) < 4.78 is 2.44. The van der Waals surface area contributed by atoms with E-state index in [-0.39, 0.29) is 0 Å². The van der Waals surface area contributed by atoms with E-state index in [1.807, 2.05) is 12.4 Å². The highest BCUT2D eigenvalue weighted by Crippen LogP contribution is 2.41. The van der Waals surface area contributed by atoms with Crippen molar-refractivity contribution in [2.45, 2.75) is 6.92 Å². The van der Waals surface area contributed by atoms with Crippen LogP contribution in [0.5, 0.6) is 0 Å². The minimum atomic E-state index is 1.12. The number of hydrogen-bond acceptors (Lipinski definition) is 1. The molecule has 0 saturated carbocycles. The number of pyridine rings is 1. The predicted octanol–water partition coefficient (Wildman–Crippen LogP) is 7.82. The summed E-state index contributed by atoms with van der Waals surface area (Å²) in [6, 6.07) is 36.4. The maximum atomic E-state index is 4.68. The Balaban J connectivity index is 1.83. The molecule has 0 aliphatic carbocycles. The van der Waals surface area contributed by atoms with Crippen LogP contribution in [0.1, 0.15) is 5.56 Å². The summed E-state index contributed by atoms with van der Waals surface area (Å²) in [7, 11) is 0. The molecule has 0 atom stereocenters. The molecule has 2 nitrogen and oxygen atoms in total. The van der Waals surface area contributed by atoms with Crippen LogP contribution in [0.3, 0.4) is 0 Å². The number of rotatable bonds is 3. The Morgan fingerprint density at radius 2 is 1.12 bits per heavy atom. The molecule has 6 rings (SSSR count). The third kappa shape index (κ3) is 2.84. The van der Waals surface area contributed by atoms with Crippen LogP contribution >= 0.6 is 0 Å². The van der Waals surface area contributed by atoms with Gasteiger partial charge in [-0.3, -0.25) is 4.98 Å². The maximum absolute atomic E-state index is 4.68. The van der Waals surface area contributed by atoms with Gasteiger partial charge in [-0.05, 0) is 29.7 Å². The molecule has 0 fully saturated rings. The lowest BCUT2D eigenvalue weighted by atomic mass is 9.98. The molecule has 0 bridgehead atoms. The van der Waals surface area contributed by atoms with Crippen LogP contribution in [0.15, 0.2) is 116 Å². The van der Waals surface area contributed by atoms with Gasteiger partial charge in [0, 0.05) is 34.3 Å². The lowest BCUT2D eigenvalue weighted by molar-refractivity contribution is 1.15. The molecule has 2 heteroatoms. The van der Waals surface area contributed by atoms with Gasteiger partial charge in [0.1, 0.15) is 0 Å². The van der Waals surface area contributed by atoms with E-state index in [0.29, 0.717) is 0 Å². The van der Waals surface area contributed by atoms with E-state index in [9.17, 15) is 0 Å². The molecule has 0 saturated heterocycles. The molecule has 0 spiro atoms. The normalized spacial score (nSPS) is 11.3. The van der Waals surface area contributed by atoms with Gasteiger partial charge in [0.15, 0.2) is 0 Å². The molecule has 0 radical (unpaired) electrons. The Kier molecular flexibility index (Phi) is 4.36. The molecule has 6 aromatic rings. The first-order valence-corrected chi connectivity index (χ1v) is 10.9. The molecule has 152 valence electrons. The Hall–Kier alpha value is -4.17. The summed E-state index contributed by atoms with van der Waals surface area (Å²) in [5.74, 6) is 0. The second-order valence-electron chi connectivity index (χ2n) is 8.14. The molecule has 0 unspecified atom stereocenters. The second kappa shape index (κ2) is 7.51. The monoisotopic (exact) mass is 410 g/mol. The van der Waals surface area contributed by atoms with Crippen LogP contribution in [0, 0.1) is 6.92 Å². The van der Waals surface area contributed by atoms with E-state index in [0.717, 1.165) is 27.9 Å². The molecule has 0 aliphatic rings. The van der Waals surface area contributed by atoms with Crippen molar-refractivity contribution in [3.63, 3.8) is 0 Å². The first-order valence-electron chi connectivity index (χ1n) is 10.9. The van der Waals surface area contributed by atoms with Crippen LogP contribution in [-0.2, 0) is 0 Å². The van der Waals surface area contributed by atoms with Gasteiger partial charge in [0.25, 0.3) is 0 Å². The second-order valence-corrected chi connectivity index (χ2v) is 8.14. The fourth-order valence-corrected chi connectivity index (χ4v) is 4.77. The topological polar surface area (TPSA) is 17.8 Å². The number of benzene rings is 4. The molecule has 0 amide bonds. The molecule has 2 heterocycles. The Morgan fingerprint density at radius 1 is 0.562 bits per heavy atom. The molecular weight excluding hydrogens is 388 g/mol. The summed E-state index contributed by atoms with van der Waals surface area (Å²) in [6.45, 7) is 2.20. The van der Waals surface area contributed by atoms with E-state index in [4.69, 9.17) is 0 Å². The average molecular weight is 411 g/mol. The number of aryl methyl sites for hydroxylation is 1. The molecule has 2 aromatic heterocycles. The lowest BCUT2D eigenvalue weighted by Crippen LogP contribution is -2.02. The van der Waals surface area contributed by atoms with Crippen molar-refractivity contribution < 1.29 is 0 Å². The van der Waals surface area contributed by atoms with Crippen LogP contribution in [-0.4, -0.2) is 9.55 Å². The SMILES string of the molecule is Cc1cccc2c3ccccc3n(-c3c(-c4ccccc4)cncc3-c3ccccc3)c12. The molecule has 0 aliphatic heterocycles. The highest BCUT2D eigenvalue weighted by molar-refractivity contribution is 6.11. The van der Waals surface area contributed by atoms with Crippen molar-refractivity contribution in [2.75, 3.05) is 0 Å². The minimum absolute atomic E-state index is 1.12. The number of aromatic nitrogens is 2. The summed E-state index contributed by atoms with van der Waals surface area (Å²) in [6.07, 6.45) is 3.99. The van der Waals surface area contributed by atoms with Gasteiger partial charge in [0.05, 0.1) is 16.7 Å². The number of para-hydroxylation sites is 2. The highest BCUT2D eigenvalue weighted by Gasteiger charge is 2.20. The van der Waals surface area contributed by atoms with Crippen LogP contribution < -0.4 is 0 Å². The van der Waals surface area contributed by atoms with Gasteiger partial charge in [0.2, 0.25) is 0 Å². The summed E-state index contributed by atoms with van der Waals surface area (Å²) in [5.41, 5.74) is 9.44. The van der Waals surface area contributed by atoms with Crippen LogP contribution in [0.2, 0.25) is 0 Å². The Morgan fingerprint density at radius 3 is 1.78 bits per heavy atom. The van der Waals surface area contributed by atoms with Crippen LogP contribution in [0.25, 0.3) is 49.7 Å². The zero-order valence-electron chi connectivity index (χ0n) is 17.9. The number of nitrogens with zero attached hydrogens (tertiary/aromatic N) is 2. The van der Waals surface area contributed by atoms with E-state index < -0.39 is 0 Å². The average Bonchev–Trinajstić information content (AvgIpc) is 3.20. The molecule has 4 aromatic carbocycles. The van der Waals surface area contributed by atoms with Crippen molar-refractivity contribution in [1.82, 2.24) is 9.55 Å². The first kappa shape index (κ1) is 18.6. The van der Waals surface area contributed by atoms with Gasteiger partial charge in [-0.15, -0.1) is 0 Å². The standard InChI is InChI=1S/C30H22N2/c1-21-11-10-17-25-24-16-8-9-18-28(24)32(29(21)25)30-26(22-12-4-2-5-13-22)19-31-20-27(30)23-14-6-3-7-15-23/h2-20H,1H3. The van der Waals surface area contributed by atoms with Crippen molar-refractivity contribution in [3.8, 4) is 27.9 Å². The van der Waals surface area contributed by atoms with Gasteiger partial charge in [-0.25, -0.2) is 0 Å². The number of fused-ring (bicyclic) bond motifs is 3. The van der Waals surface area contributed by atoms with Crippen molar-refractivity contribution in [2.24, 2.45) is 0 Å². The van der Waals surface area contributed by atoms with Gasteiger partial charge >= 0.3 is 0 Å².